The minimum Gasteiger partial charge on any atom is -0.390 e. The molecule has 0 radical (unpaired) electrons. The summed E-state index contributed by atoms with van der Waals surface area (Å²) in [6.45, 7) is 1.57. The lowest BCUT2D eigenvalue weighted by Crippen LogP contribution is -2.16. The predicted molar refractivity (Wildman–Crippen MR) is 94.3 cm³/mol. The summed E-state index contributed by atoms with van der Waals surface area (Å²) in [4.78, 5) is 0.213. The van der Waals surface area contributed by atoms with Crippen molar-refractivity contribution in [2.24, 2.45) is 0 Å². The molecule has 0 aliphatic carbocycles. The molecule has 1 N–H and O–H groups in total. The number of fused-ring (bicyclic) bond motifs is 1. The van der Waals surface area contributed by atoms with E-state index in [-0.39, 0.29) is 11.5 Å². The summed E-state index contributed by atoms with van der Waals surface area (Å²) in [5, 5.41) is 10.5. The fourth-order valence-electron chi connectivity index (χ4n) is 2.45. The van der Waals surface area contributed by atoms with Crippen molar-refractivity contribution in [2.45, 2.75) is 18.4 Å². The van der Waals surface area contributed by atoms with Crippen molar-refractivity contribution < 1.29 is 13.5 Å². The molecule has 0 saturated heterocycles. The number of aryl methyl sites for hydroxylation is 1. The summed E-state index contributed by atoms with van der Waals surface area (Å²) in [7, 11) is -3.75. The number of rotatable bonds is 3. The minimum atomic E-state index is -3.75. The van der Waals surface area contributed by atoms with E-state index < -0.39 is 10.0 Å². The Morgan fingerprint density at radius 3 is 2.36 bits per heavy atom. The molecule has 0 unspecified atom stereocenters. The molecule has 0 amide bonds. The van der Waals surface area contributed by atoms with Crippen LogP contribution in [0.3, 0.4) is 0 Å². The summed E-state index contributed by atoms with van der Waals surface area (Å²) >= 11 is 2.08. The molecule has 2 aromatic carbocycles. The summed E-state index contributed by atoms with van der Waals surface area (Å²) < 4.78 is 28.0. The minimum absolute atomic E-state index is 0.213. The maximum Gasteiger partial charge on any atom is 0.268 e. The molecular formula is C16H14INO3S. The topological polar surface area (TPSA) is 59.3 Å². The van der Waals surface area contributed by atoms with Crippen LogP contribution >= 0.6 is 22.6 Å². The van der Waals surface area contributed by atoms with Gasteiger partial charge in [-0.15, -0.1) is 0 Å². The van der Waals surface area contributed by atoms with Gasteiger partial charge < -0.3 is 5.11 Å². The van der Waals surface area contributed by atoms with Gasteiger partial charge in [-0.3, -0.25) is 0 Å². The van der Waals surface area contributed by atoms with E-state index in [9.17, 15) is 13.5 Å². The van der Waals surface area contributed by atoms with Crippen LogP contribution in [0.1, 0.15) is 11.3 Å². The molecule has 114 valence electrons. The molecule has 0 aliphatic rings. The third kappa shape index (κ3) is 2.35. The van der Waals surface area contributed by atoms with E-state index >= 15 is 0 Å². The second-order valence-corrected chi connectivity index (χ2v) is 7.88. The van der Waals surface area contributed by atoms with Crippen LogP contribution in [-0.2, 0) is 16.6 Å². The fourth-order valence-corrected chi connectivity index (χ4v) is 5.03. The molecule has 0 bridgehead atoms. The van der Waals surface area contributed by atoms with Crippen molar-refractivity contribution in [2.75, 3.05) is 0 Å². The molecule has 3 rings (SSSR count). The lowest BCUT2D eigenvalue weighted by Gasteiger charge is -2.11. The molecule has 1 aromatic heterocycles. The highest BCUT2D eigenvalue weighted by atomic mass is 127. The van der Waals surface area contributed by atoms with Crippen LogP contribution in [0.5, 0.6) is 0 Å². The Balaban J connectivity index is 2.36. The average molecular weight is 427 g/mol. The van der Waals surface area contributed by atoms with Gasteiger partial charge in [0.2, 0.25) is 0 Å². The van der Waals surface area contributed by atoms with Gasteiger partial charge in [-0.1, -0.05) is 35.9 Å². The van der Waals surface area contributed by atoms with Crippen LogP contribution in [0.4, 0.5) is 0 Å². The smallest absolute Gasteiger partial charge is 0.268 e. The third-order valence-electron chi connectivity index (χ3n) is 3.57. The highest BCUT2D eigenvalue weighted by Gasteiger charge is 2.25. The van der Waals surface area contributed by atoms with E-state index in [0.29, 0.717) is 11.2 Å². The SMILES string of the molecule is Cc1ccc(S(=O)(=O)n2c(CO)c(I)c3ccccc32)cc1. The van der Waals surface area contributed by atoms with Gasteiger partial charge in [-0.2, -0.15) is 0 Å². The summed E-state index contributed by atoms with van der Waals surface area (Å²) in [5.41, 5.74) is 1.96. The molecular weight excluding hydrogens is 413 g/mol. The van der Waals surface area contributed by atoms with Gasteiger partial charge >= 0.3 is 0 Å². The number of hydrogen-bond acceptors (Lipinski definition) is 3. The van der Waals surface area contributed by atoms with E-state index in [1.807, 2.05) is 19.1 Å². The van der Waals surface area contributed by atoms with Gasteiger partial charge in [0.05, 0.1) is 22.7 Å². The molecule has 0 spiro atoms. The number of aromatic nitrogens is 1. The summed E-state index contributed by atoms with van der Waals surface area (Å²) in [6, 6.07) is 14.0. The van der Waals surface area contributed by atoms with Crippen LogP contribution in [0.15, 0.2) is 53.4 Å². The molecule has 0 aliphatic heterocycles. The zero-order chi connectivity index (χ0) is 15.9. The van der Waals surface area contributed by atoms with Crippen LogP contribution in [0.2, 0.25) is 0 Å². The van der Waals surface area contributed by atoms with Crippen molar-refractivity contribution in [3.8, 4) is 0 Å². The lowest BCUT2D eigenvalue weighted by atomic mass is 10.2. The Morgan fingerprint density at radius 1 is 1.09 bits per heavy atom. The number of nitrogens with zero attached hydrogens (tertiary/aromatic N) is 1. The normalized spacial score (nSPS) is 12.0. The Morgan fingerprint density at radius 2 is 1.73 bits per heavy atom. The van der Waals surface area contributed by atoms with Crippen molar-refractivity contribution >= 4 is 43.5 Å². The number of hydrogen-bond donors (Lipinski definition) is 1. The molecule has 4 nitrogen and oxygen atoms in total. The second kappa shape index (κ2) is 5.68. The monoisotopic (exact) mass is 427 g/mol. The third-order valence-corrected chi connectivity index (χ3v) is 6.54. The van der Waals surface area contributed by atoms with Crippen LogP contribution in [0, 0.1) is 10.5 Å². The van der Waals surface area contributed by atoms with Gasteiger partial charge in [-0.05, 0) is 47.7 Å². The first-order valence-corrected chi connectivity index (χ1v) is 9.19. The number of halogens is 1. The summed E-state index contributed by atoms with van der Waals surface area (Å²) in [6.07, 6.45) is 0. The number of para-hydroxylation sites is 1. The van der Waals surface area contributed by atoms with E-state index in [2.05, 4.69) is 22.6 Å². The lowest BCUT2D eigenvalue weighted by molar-refractivity contribution is 0.275. The number of benzene rings is 2. The predicted octanol–water partition coefficient (Wildman–Crippen LogP) is 3.28. The van der Waals surface area contributed by atoms with E-state index in [0.717, 1.165) is 14.5 Å². The van der Waals surface area contributed by atoms with E-state index in [1.54, 1.807) is 36.4 Å². The highest BCUT2D eigenvalue weighted by Crippen LogP contribution is 2.31. The first-order chi connectivity index (χ1) is 10.5. The van der Waals surface area contributed by atoms with Crippen molar-refractivity contribution in [3.05, 3.63) is 63.4 Å². The number of aliphatic hydroxyl groups excluding tert-OH is 1. The van der Waals surface area contributed by atoms with Crippen LogP contribution in [-0.4, -0.2) is 17.5 Å². The Labute approximate surface area is 142 Å². The first-order valence-electron chi connectivity index (χ1n) is 6.67. The van der Waals surface area contributed by atoms with Gasteiger partial charge in [0.25, 0.3) is 10.0 Å². The van der Waals surface area contributed by atoms with E-state index in [1.165, 1.54) is 3.97 Å². The molecule has 22 heavy (non-hydrogen) atoms. The van der Waals surface area contributed by atoms with Gasteiger partial charge in [0, 0.05) is 8.96 Å². The summed E-state index contributed by atoms with van der Waals surface area (Å²) in [5.74, 6) is 0. The fraction of sp³-hybridized carbons (Fsp3) is 0.125. The zero-order valence-corrected chi connectivity index (χ0v) is 14.8. The Hall–Kier alpha value is -1.38. The van der Waals surface area contributed by atoms with Crippen LogP contribution < -0.4 is 0 Å². The first kappa shape index (κ1) is 15.5. The Kier molecular flexibility index (Phi) is 4.00. The largest absolute Gasteiger partial charge is 0.390 e. The van der Waals surface area contributed by atoms with Gasteiger partial charge in [-0.25, -0.2) is 12.4 Å². The zero-order valence-electron chi connectivity index (χ0n) is 11.8. The maximum atomic E-state index is 13.0. The quantitative estimate of drug-likeness (QED) is 0.653. The highest BCUT2D eigenvalue weighted by molar-refractivity contribution is 14.1. The second-order valence-electron chi connectivity index (χ2n) is 5.02. The Bertz CT molecular complexity index is 943. The molecule has 6 heteroatoms. The molecule has 0 saturated carbocycles. The van der Waals surface area contributed by atoms with Crippen LogP contribution in [0.25, 0.3) is 10.9 Å². The van der Waals surface area contributed by atoms with Crippen molar-refractivity contribution in [3.63, 3.8) is 0 Å². The molecule has 0 fully saturated rings. The number of aliphatic hydroxyl groups is 1. The van der Waals surface area contributed by atoms with E-state index in [4.69, 9.17) is 0 Å². The van der Waals surface area contributed by atoms with Crippen molar-refractivity contribution in [1.82, 2.24) is 3.97 Å². The van der Waals surface area contributed by atoms with Gasteiger partial charge in [0.1, 0.15) is 0 Å². The van der Waals surface area contributed by atoms with Crippen molar-refractivity contribution in [1.29, 1.82) is 0 Å². The molecule has 3 aromatic rings. The molecule has 1 heterocycles. The van der Waals surface area contributed by atoms with Gasteiger partial charge in [0.15, 0.2) is 0 Å². The average Bonchev–Trinajstić information content (AvgIpc) is 2.81. The maximum absolute atomic E-state index is 13.0. The molecule has 0 atom stereocenters. The standard InChI is InChI=1S/C16H14INO3S/c1-11-6-8-12(9-7-11)22(20,21)18-14-5-3-2-4-13(14)16(17)15(18)10-19/h2-9,19H,10H2,1H3.